The summed E-state index contributed by atoms with van der Waals surface area (Å²) >= 11 is 0. The maximum atomic E-state index is 13.0. The van der Waals surface area contributed by atoms with E-state index >= 15 is 0 Å². The van der Waals surface area contributed by atoms with Gasteiger partial charge in [0.15, 0.2) is 0 Å². The minimum atomic E-state index is 0.0133. The third kappa shape index (κ3) is 5.52. The number of methoxy groups -OCH3 is 1. The van der Waals surface area contributed by atoms with E-state index in [1.54, 1.807) is 13.4 Å². The second-order valence-corrected chi connectivity index (χ2v) is 9.02. The molecule has 1 N–H and O–H groups in total. The van der Waals surface area contributed by atoms with Crippen molar-refractivity contribution < 1.29 is 13.9 Å². The van der Waals surface area contributed by atoms with E-state index in [1.807, 2.05) is 30.3 Å². The number of aromatic nitrogens is 1. The molecule has 1 atom stereocenters. The predicted octanol–water partition coefficient (Wildman–Crippen LogP) is 6.32. The first-order chi connectivity index (χ1) is 17.7. The average molecular weight is 479 g/mol. The van der Waals surface area contributed by atoms with Crippen molar-refractivity contribution in [3.8, 4) is 5.75 Å². The van der Waals surface area contributed by atoms with Crippen molar-refractivity contribution in [1.29, 1.82) is 0 Å². The molecule has 36 heavy (non-hydrogen) atoms. The number of carbonyl (C=O) groups excluding carboxylic acids is 1. The van der Waals surface area contributed by atoms with E-state index in [2.05, 4.69) is 76.7 Å². The monoisotopic (exact) mass is 478 g/mol. The van der Waals surface area contributed by atoms with Gasteiger partial charge in [0, 0.05) is 30.1 Å². The zero-order chi connectivity index (χ0) is 24.7. The molecule has 5 nitrogen and oxygen atoms in total. The fourth-order valence-electron chi connectivity index (χ4n) is 4.74. The zero-order valence-electron chi connectivity index (χ0n) is 20.4. The Morgan fingerprint density at radius 3 is 2.44 bits per heavy atom. The van der Waals surface area contributed by atoms with Crippen molar-refractivity contribution in [3.05, 3.63) is 126 Å². The standard InChI is InChI=1S/C31H30N2O3/c1-35-26-15-13-24(14-16-26)21-33-22-29(28-11-5-6-12-30(28)33)25(18-23-8-3-2-4-9-23)19-31(34)32-20-27-10-7-17-36-27/h2-17,22,25H,18-21H2,1H3,(H,32,34)/t25-/m0/s1. The van der Waals surface area contributed by atoms with Crippen molar-refractivity contribution >= 4 is 16.8 Å². The summed E-state index contributed by atoms with van der Waals surface area (Å²) in [4.78, 5) is 13.0. The SMILES string of the molecule is COc1ccc(Cn2cc([C@H](CC(=O)NCc3ccco3)Cc3ccccc3)c3ccccc32)cc1. The number of rotatable bonds is 10. The summed E-state index contributed by atoms with van der Waals surface area (Å²) < 4.78 is 13.0. The number of benzene rings is 3. The highest BCUT2D eigenvalue weighted by Gasteiger charge is 2.22. The normalized spacial score (nSPS) is 11.9. The maximum absolute atomic E-state index is 13.0. The van der Waals surface area contributed by atoms with Crippen LogP contribution in [0.4, 0.5) is 0 Å². The Labute approximate surface area is 211 Å². The minimum absolute atomic E-state index is 0.0133. The quantitative estimate of drug-likeness (QED) is 0.255. The molecular weight excluding hydrogens is 448 g/mol. The molecule has 0 saturated carbocycles. The molecule has 0 aliphatic heterocycles. The molecule has 0 spiro atoms. The largest absolute Gasteiger partial charge is 0.497 e. The summed E-state index contributed by atoms with van der Waals surface area (Å²) in [6.07, 6.45) is 5.03. The topological polar surface area (TPSA) is 56.4 Å². The van der Waals surface area contributed by atoms with Crippen LogP contribution in [0.2, 0.25) is 0 Å². The number of furan rings is 1. The smallest absolute Gasteiger partial charge is 0.220 e. The first-order valence-electron chi connectivity index (χ1n) is 12.2. The minimum Gasteiger partial charge on any atom is -0.497 e. The van der Waals surface area contributed by atoms with E-state index in [-0.39, 0.29) is 11.8 Å². The molecular formula is C31H30N2O3. The van der Waals surface area contributed by atoms with Gasteiger partial charge in [-0.05, 0) is 59.4 Å². The Kier molecular flexibility index (Phi) is 7.17. The second-order valence-electron chi connectivity index (χ2n) is 9.02. The van der Waals surface area contributed by atoms with E-state index in [9.17, 15) is 4.79 Å². The number of carbonyl (C=O) groups is 1. The number of hydrogen-bond donors (Lipinski definition) is 1. The van der Waals surface area contributed by atoms with Crippen molar-refractivity contribution in [3.63, 3.8) is 0 Å². The lowest BCUT2D eigenvalue weighted by atomic mass is 9.88. The fraction of sp³-hybridized carbons (Fsp3) is 0.194. The Morgan fingerprint density at radius 2 is 1.69 bits per heavy atom. The van der Waals surface area contributed by atoms with Crippen LogP contribution in [0.15, 0.2) is 108 Å². The van der Waals surface area contributed by atoms with Gasteiger partial charge in [-0.1, -0.05) is 60.7 Å². The maximum Gasteiger partial charge on any atom is 0.220 e. The van der Waals surface area contributed by atoms with Gasteiger partial charge in [-0.2, -0.15) is 0 Å². The molecule has 3 aromatic carbocycles. The van der Waals surface area contributed by atoms with Crippen LogP contribution in [0.1, 0.15) is 34.8 Å². The summed E-state index contributed by atoms with van der Waals surface area (Å²) in [5, 5.41) is 4.21. The van der Waals surface area contributed by atoms with Gasteiger partial charge in [-0.25, -0.2) is 0 Å². The molecule has 0 bridgehead atoms. The zero-order valence-corrected chi connectivity index (χ0v) is 20.4. The summed E-state index contributed by atoms with van der Waals surface area (Å²) in [7, 11) is 1.68. The predicted molar refractivity (Wildman–Crippen MR) is 142 cm³/mol. The first kappa shape index (κ1) is 23.5. The van der Waals surface area contributed by atoms with Gasteiger partial charge in [0.25, 0.3) is 0 Å². The summed E-state index contributed by atoms with van der Waals surface area (Å²) in [5.41, 5.74) is 4.76. The van der Waals surface area contributed by atoms with Crippen LogP contribution in [-0.4, -0.2) is 17.6 Å². The highest BCUT2D eigenvalue weighted by atomic mass is 16.5. The van der Waals surface area contributed by atoms with Crippen LogP contribution in [0.3, 0.4) is 0 Å². The lowest BCUT2D eigenvalue weighted by Crippen LogP contribution is -2.25. The highest BCUT2D eigenvalue weighted by Crippen LogP contribution is 2.33. The van der Waals surface area contributed by atoms with E-state index in [1.165, 1.54) is 22.1 Å². The van der Waals surface area contributed by atoms with E-state index in [0.29, 0.717) is 13.0 Å². The molecule has 2 heterocycles. The molecule has 1 amide bonds. The van der Waals surface area contributed by atoms with Crippen molar-refractivity contribution in [2.24, 2.45) is 0 Å². The van der Waals surface area contributed by atoms with Gasteiger partial charge in [0.2, 0.25) is 5.91 Å². The number of fused-ring (bicyclic) bond motifs is 1. The number of nitrogens with zero attached hydrogens (tertiary/aromatic N) is 1. The van der Waals surface area contributed by atoms with Gasteiger partial charge < -0.3 is 19.0 Å². The molecule has 0 saturated heterocycles. The molecule has 182 valence electrons. The lowest BCUT2D eigenvalue weighted by molar-refractivity contribution is -0.121. The Hall–Kier alpha value is -4.25. The third-order valence-corrected chi connectivity index (χ3v) is 6.57. The van der Waals surface area contributed by atoms with Gasteiger partial charge in [-0.15, -0.1) is 0 Å². The van der Waals surface area contributed by atoms with Gasteiger partial charge in [0.05, 0.1) is 19.9 Å². The molecule has 5 aromatic rings. The Morgan fingerprint density at radius 1 is 0.917 bits per heavy atom. The van der Waals surface area contributed by atoms with Crippen LogP contribution in [-0.2, 0) is 24.3 Å². The van der Waals surface area contributed by atoms with E-state index in [4.69, 9.17) is 9.15 Å². The van der Waals surface area contributed by atoms with Crippen LogP contribution >= 0.6 is 0 Å². The number of amides is 1. The van der Waals surface area contributed by atoms with Gasteiger partial charge >= 0.3 is 0 Å². The Balaban J connectivity index is 1.45. The number of hydrogen-bond acceptors (Lipinski definition) is 3. The third-order valence-electron chi connectivity index (χ3n) is 6.57. The molecule has 2 aromatic heterocycles. The van der Waals surface area contributed by atoms with Crippen molar-refractivity contribution in [2.75, 3.05) is 7.11 Å². The summed E-state index contributed by atoms with van der Waals surface area (Å²) in [5.74, 6) is 1.64. The molecule has 0 unspecified atom stereocenters. The van der Waals surface area contributed by atoms with Crippen LogP contribution in [0.5, 0.6) is 5.75 Å². The molecule has 5 heteroatoms. The molecule has 0 aliphatic rings. The summed E-state index contributed by atoms with van der Waals surface area (Å²) in [6, 6.07) is 30.7. The summed E-state index contributed by atoms with van der Waals surface area (Å²) in [6.45, 7) is 1.14. The fourth-order valence-corrected chi connectivity index (χ4v) is 4.74. The number of nitrogens with one attached hydrogen (secondary N) is 1. The van der Waals surface area contributed by atoms with Gasteiger partial charge in [-0.3, -0.25) is 4.79 Å². The first-order valence-corrected chi connectivity index (χ1v) is 12.2. The lowest BCUT2D eigenvalue weighted by Gasteiger charge is -2.17. The second kappa shape index (κ2) is 11.0. The number of ether oxygens (including phenoxy) is 1. The molecule has 0 radical (unpaired) electrons. The van der Waals surface area contributed by atoms with E-state index < -0.39 is 0 Å². The highest BCUT2D eigenvalue weighted by molar-refractivity contribution is 5.86. The molecule has 0 fully saturated rings. The van der Waals surface area contributed by atoms with Crippen molar-refractivity contribution in [1.82, 2.24) is 9.88 Å². The van der Waals surface area contributed by atoms with Crippen molar-refractivity contribution in [2.45, 2.75) is 31.8 Å². The van der Waals surface area contributed by atoms with Crippen LogP contribution in [0, 0.1) is 0 Å². The number of para-hydroxylation sites is 1. The Bertz CT molecular complexity index is 1400. The van der Waals surface area contributed by atoms with Crippen LogP contribution in [0.25, 0.3) is 10.9 Å². The average Bonchev–Trinajstić information content (AvgIpc) is 3.57. The van der Waals surface area contributed by atoms with E-state index in [0.717, 1.165) is 30.0 Å². The molecule has 5 rings (SSSR count). The van der Waals surface area contributed by atoms with Crippen LogP contribution < -0.4 is 10.1 Å². The van der Waals surface area contributed by atoms with Gasteiger partial charge in [0.1, 0.15) is 11.5 Å². The molecule has 0 aliphatic carbocycles.